The van der Waals surface area contributed by atoms with Gasteiger partial charge in [0.05, 0.1) is 23.9 Å². The number of likely N-dealkylation sites (tertiary alicyclic amines) is 1. The average Bonchev–Trinajstić information content (AvgIpc) is 3.32. The minimum absolute atomic E-state index is 0.102. The molecule has 1 aliphatic rings. The molecular weight excluding hydrogens is 474 g/mol. The summed E-state index contributed by atoms with van der Waals surface area (Å²) in [5.41, 5.74) is 0.855. The molecule has 1 fully saturated rings. The third kappa shape index (κ3) is 4.66. The maximum Gasteiger partial charge on any atom is 0.265 e. The molecule has 1 aliphatic heterocycles. The fourth-order valence-electron chi connectivity index (χ4n) is 4.90. The third-order valence-corrected chi connectivity index (χ3v) is 7.94. The second-order valence-electron chi connectivity index (χ2n) is 9.02. The largest absolute Gasteiger partial charge is 0.494 e. The van der Waals surface area contributed by atoms with E-state index in [0.717, 1.165) is 25.0 Å². The fourth-order valence-corrected chi connectivity index (χ4v) is 6.11. The quantitative estimate of drug-likeness (QED) is 0.362. The van der Waals surface area contributed by atoms with Gasteiger partial charge in [-0.2, -0.15) is 0 Å². The molecule has 2 aromatic heterocycles. The third-order valence-electron chi connectivity index (χ3n) is 6.73. The molecule has 7 nitrogen and oxygen atoms in total. The standard InChI is InChI=1S/C28H29N3O4S/c1-35-24-23-25(36-26(24)27(33)29-14-17-30-15-8-3-9-16-30)20-12-6-7-13-21(20)31(28(23)34)18-22(32)19-10-4-2-5-11-19/h2,4-7,10-13H,3,8-9,14-18H2,1H3,(H,29,33). The van der Waals surface area contributed by atoms with E-state index >= 15 is 0 Å². The van der Waals surface area contributed by atoms with Crippen molar-refractivity contribution in [2.45, 2.75) is 25.8 Å². The Morgan fingerprint density at radius 2 is 1.72 bits per heavy atom. The summed E-state index contributed by atoms with van der Waals surface area (Å²) < 4.78 is 7.81. The maximum absolute atomic E-state index is 13.7. The Morgan fingerprint density at radius 1 is 1.00 bits per heavy atom. The number of carbonyl (C=O) groups is 2. The highest BCUT2D eigenvalue weighted by molar-refractivity contribution is 7.22. The molecule has 8 heteroatoms. The van der Waals surface area contributed by atoms with E-state index in [9.17, 15) is 14.4 Å². The maximum atomic E-state index is 13.7. The summed E-state index contributed by atoms with van der Waals surface area (Å²) in [5.74, 6) is -0.144. The highest BCUT2D eigenvalue weighted by Gasteiger charge is 2.25. The molecule has 0 aliphatic carbocycles. The van der Waals surface area contributed by atoms with Crippen molar-refractivity contribution in [3.63, 3.8) is 0 Å². The number of rotatable bonds is 8. The lowest BCUT2D eigenvalue weighted by molar-refractivity contribution is 0.0945. The van der Waals surface area contributed by atoms with Crippen LogP contribution in [0, 0.1) is 0 Å². The van der Waals surface area contributed by atoms with Crippen LogP contribution in [0.3, 0.4) is 0 Å². The second kappa shape index (κ2) is 10.6. The molecule has 0 atom stereocenters. The van der Waals surface area contributed by atoms with Crippen LogP contribution in [0.15, 0.2) is 59.4 Å². The van der Waals surface area contributed by atoms with E-state index in [1.54, 1.807) is 24.3 Å². The zero-order valence-electron chi connectivity index (χ0n) is 20.3. The van der Waals surface area contributed by atoms with Gasteiger partial charge in [0.1, 0.15) is 10.3 Å². The van der Waals surface area contributed by atoms with Gasteiger partial charge in [-0.25, -0.2) is 0 Å². The van der Waals surface area contributed by atoms with E-state index in [2.05, 4.69) is 10.2 Å². The van der Waals surface area contributed by atoms with E-state index < -0.39 is 0 Å². The SMILES string of the molecule is COc1c(C(=O)NCCN2CCCCC2)sc2c1c(=O)n(CC(=O)c1ccccc1)c1ccccc21. The Kier molecular flexibility index (Phi) is 7.16. The van der Waals surface area contributed by atoms with Crippen molar-refractivity contribution in [1.29, 1.82) is 0 Å². The lowest BCUT2D eigenvalue weighted by Crippen LogP contribution is -2.37. The first-order valence-electron chi connectivity index (χ1n) is 12.3. The Bertz CT molecular complexity index is 1470. The van der Waals surface area contributed by atoms with Crippen LogP contribution in [0.2, 0.25) is 0 Å². The van der Waals surface area contributed by atoms with Gasteiger partial charge in [0.2, 0.25) is 0 Å². The molecule has 5 rings (SSSR count). The van der Waals surface area contributed by atoms with Gasteiger partial charge in [0.15, 0.2) is 11.5 Å². The minimum atomic E-state index is -0.339. The Balaban J connectivity index is 1.52. The number of benzene rings is 2. The number of hydrogen-bond donors (Lipinski definition) is 1. The summed E-state index contributed by atoms with van der Waals surface area (Å²) in [6, 6.07) is 16.4. The van der Waals surface area contributed by atoms with Gasteiger partial charge >= 0.3 is 0 Å². The van der Waals surface area contributed by atoms with Crippen LogP contribution in [0.25, 0.3) is 21.0 Å². The number of ketones is 1. The highest BCUT2D eigenvalue weighted by Crippen LogP contribution is 2.39. The minimum Gasteiger partial charge on any atom is -0.494 e. The zero-order valence-corrected chi connectivity index (χ0v) is 21.1. The summed E-state index contributed by atoms with van der Waals surface area (Å²) in [4.78, 5) is 42.7. The molecule has 0 bridgehead atoms. The van der Waals surface area contributed by atoms with Crippen molar-refractivity contribution in [2.24, 2.45) is 0 Å². The van der Waals surface area contributed by atoms with E-state index in [0.29, 0.717) is 32.6 Å². The van der Waals surface area contributed by atoms with Crippen molar-refractivity contribution in [3.05, 3.63) is 75.4 Å². The number of nitrogens with zero attached hydrogens (tertiary/aromatic N) is 2. The van der Waals surface area contributed by atoms with Crippen LogP contribution >= 0.6 is 11.3 Å². The molecule has 0 saturated carbocycles. The number of fused-ring (bicyclic) bond motifs is 3. The van der Waals surface area contributed by atoms with Crippen LogP contribution in [-0.4, -0.2) is 54.4 Å². The predicted molar refractivity (Wildman–Crippen MR) is 144 cm³/mol. The second-order valence-corrected chi connectivity index (χ2v) is 10.0. The number of ether oxygens (including phenoxy) is 1. The van der Waals surface area contributed by atoms with Gasteiger partial charge in [0.25, 0.3) is 11.5 Å². The van der Waals surface area contributed by atoms with Gasteiger partial charge in [-0.15, -0.1) is 11.3 Å². The van der Waals surface area contributed by atoms with Crippen molar-refractivity contribution in [2.75, 3.05) is 33.3 Å². The van der Waals surface area contributed by atoms with Gasteiger partial charge in [-0.3, -0.25) is 19.0 Å². The predicted octanol–water partition coefficient (Wildman–Crippen LogP) is 4.32. The monoisotopic (exact) mass is 503 g/mol. The molecule has 1 N–H and O–H groups in total. The summed E-state index contributed by atoms with van der Waals surface area (Å²) in [5, 5.41) is 4.15. The lowest BCUT2D eigenvalue weighted by Gasteiger charge is -2.26. The van der Waals surface area contributed by atoms with Gasteiger partial charge < -0.3 is 15.0 Å². The number of Topliss-reactive ketones (excluding diaryl/α,β-unsaturated/α-hetero) is 1. The van der Waals surface area contributed by atoms with Crippen LogP contribution in [0.4, 0.5) is 0 Å². The molecule has 3 heterocycles. The first-order valence-corrected chi connectivity index (χ1v) is 13.1. The smallest absolute Gasteiger partial charge is 0.265 e. The summed E-state index contributed by atoms with van der Waals surface area (Å²) in [6.07, 6.45) is 3.67. The summed E-state index contributed by atoms with van der Waals surface area (Å²) in [6.45, 7) is 3.36. The van der Waals surface area contributed by atoms with Gasteiger partial charge in [-0.1, -0.05) is 55.0 Å². The average molecular weight is 504 g/mol. The Morgan fingerprint density at radius 3 is 2.47 bits per heavy atom. The molecule has 1 saturated heterocycles. The number of piperidine rings is 1. The fraction of sp³-hybridized carbons (Fsp3) is 0.321. The first kappa shape index (κ1) is 24.2. The normalized spacial score (nSPS) is 14.2. The van der Waals surface area contributed by atoms with Crippen LogP contribution in [-0.2, 0) is 6.54 Å². The van der Waals surface area contributed by atoms with E-state index in [-0.39, 0.29) is 29.5 Å². The molecule has 2 aromatic carbocycles. The number of methoxy groups -OCH3 is 1. The molecule has 0 spiro atoms. The van der Waals surface area contributed by atoms with E-state index in [1.165, 1.54) is 42.3 Å². The van der Waals surface area contributed by atoms with Gasteiger partial charge in [-0.05, 0) is 32.0 Å². The number of amides is 1. The number of aromatic nitrogens is 1. The number of pyridine rings is 1. The van der Waals surface area contributed by atoms with Crippen LogP contribution < -0.4 is 15.6 Å². The topological polar surface area (TPSA) is 80.6 Å². The summed E-state index contributed by atoms with van der Waals surface area (Å²) in [7, 11) is 1.47. The molecule has 0 radical (unpaired) electrons. The molecule has 36 heavy (non-hydrogen) atoms. The molecule has 1 amide bonds. The summed E-state index contributed by atoms with van der Waals surface area (Å²) >= 11 is 1.26. The molecule has 186 valence electrons. The number of para-hydroxylation sites is 1. The van der Waals surface area contributed by atoms with Crippen LogP contribution in [0.1, 0.15) is 39.3 Å². The van der Waals surface area contributed by atoms with Crippen molar-refractivity contribution in [3.8, 4) is 5.75 Å². The number of thiophene rings is 1. The first-order chi connectivity index (χ1) is 17.6. The highest BCUT2D eigenvalue weighted by atomic mass is 32.1. The molecular formula is C28H29N3O4S. The van der Waals surface area contributed by atoms with E-state index in [4.69, 9.17) is 4.74 Å². The molecule has 0 unspecified atom stereocenters. The number of carbonyl (C=O) groups excluding carboxylic acids is 2. The Labute approximate surface area is 213 Å². The lowest BCUT2D eigenvalue weighted by atomic mass is 10.1. The van der Waals surface area contributed by atoms with Crippen molar-refractivity contribution in [1.82, 2.24) is 14.8 Å². The Hall–Kier alpha value is -3.49. The van der Waals surface area contributed by atoms with Crippen molar-refractivity contribution < 1.29 is 14.3 Å². The molecule has 4 aromatic rings. The van der Waals surface area contributed by atoms with E-state index in [1.807, 2.05) is 30.3 Å². The van der Waals surface area contributed by atoms with Crippen LogP contribution in [0.5, 0.6) is 5.75 Å². The number of hydrogen-bond acceptors (Lipinski definition) is 6. The number of nitrogens with one attached hydrogen (secondary N) is 1. The van der Waals surface area contributed by atoms with Gasteiger partial charge in [0, 0.05) is 24.0 Å². The zero-order chi connectivity index (χ0) is 25.1. The van der Waals surface area contributed by atoms with Crippen molar-refractivity contribution >= 4 is 44.0 Å².